The molecule has 1 heterocycles. The van der Waals surface area contributed by atoms with Crippen LogP contribution in [0.3, 0.4) is 0 Å². The lowest BCUT2D eigenvalue weighted by Gasteiger charge is -2.38. The van der Waals surface area contributed by atoms with E-state index in [9.17, 15) is 10.1 Å². The SMILES string of the molecule is N#Cc1ccccc1-c1ccccc1C(=O)NCC1(c2cccc(Br)c2)CCOCC1. The van der Waals surface area contributed by atoms with Gasteiger partial charge in [-0.2, -0.15) is 5.26 Å². The van der Waals surface area contributed by atoms with Gasteiger partial charge in [0.1, 0.15) is 0 Å². The first-order chi connectivity index (χ1) is 15.1. The molecule has 1 aliphatic heterocycles. The Balaban J connectivity index is 1.62. The third-order valence-electron chi connectivity index (χ3n) is 5.98. The van der Waals surface area contributed by atoms with Crippen molar-refractivity contribution in [2.75, 3.05) is 19.8 Å². The van der Waals surface area contributed by atoms with Crippen LogP contribution in [0, 0.1) is 11.3 Å². The van der Waals surface area contributed by atoms with Crippen LogP contribution in [0.2, 0.25) is 0 Å². The van der Waals surface area contributed by atoms with Crippen molar-refractivity contribution in [2.45, 2.75) is 18.3 Å². The Bertz CT molecular complexity index is 1130. The smallest absolute Gasteiger partial charge is 0.251 e. The fraction of sp³-hybridized carbons (Fsp3) is 0.231. The van der Waals surface area contributed by atoms with Gasteiger partial charge >= 0.3 is 0 Å². The monoisotopic (exact) mass is 474 g/mol. The van der Waals surface area contributed by atoms with E-state index in [1.807, 2.05) is 54.6 Å². The summed E-state index contributed by atoms with van der Waals surface area (Å²) >= 11 is 3.57. The van der Waals surface area contributed by atoms with Gasteiger partial charge in [-0.1, -0.05) is 64.5 Å². The minimum absolute atomic E-state index is 0.135. The van der Waals surface area contributed by atoms with Gasteiger partial charge in [0.15, 0.2) is 0 Å². The zero-order chi connectivity index (χ0) is 21.7. The first-order valence-electron chi connectivity index (χ1n) is 10.3. The van der Waals surface area contributed by atoms with Gasteiger partial charge in [0.2, 0.25) is 0 Å². The molecular formula is C26H23BrN2O2. The van der Waals surface area contributed by atoms with Gasteiger partial charge in [0, 0.05) is 40.8 Å². The number of hydrogen-bond acceptors (Lipinski definition) is 3. The molecule has 1 saturated heterocycles. The molecule has 0 spiro atoms. The van der Waals surface area contributed by atoms with Crippen LogP contribution in [-0.4, -0.2) is 25.7 Å². The summed E-state index contributed by atoms with van der Waals surface area (Å²) in [5, 5.41) is 12.7. The van der Waals surface area contributed by atoms with Crippen molar-refractivity contribution >= 4 is 21.8 Å². The van der Waals surface area contributed by atoms with Crippen LogP contribution < -0.4 is 5.32 Å². The highest BCUT2D eigenvalue weighted by molar-refractivity contribution is 9.10. The summed E-state index contributed by atoms with van der Waals surface area (Å²) in [6, 6.07) is 25.3. The van der Waals surface area contributed by atoms with E-state index in [4.69, 9.17) is 4.74 Å². The largest absolute Gasteiger partial charge is 0.381 e. The molecule has 0 bridgehead atoms. The molecule has 0 unspecified atom stereocenters. The fourth-order valence-electron chi connectivity index (χ4n) is 4.22. The number of hydrogen-bond donors (Lipinski definition) is 1. The molecule has 1 fully saturated rings. The van der Waals surface area contributed by atoms with E-state index in [-0.39, 0.29) is 11.3 Å². The van der Waals surface area contributed by atoms with Crippen molar-refractivity contribution in [3.05, 3.63) is 94.0 Å². The van der Waals surface area contributed by atoms with E-state index in [1.165, 1.54) is 5.56 Å². The van der Waals surface area contributed by atoms with Gasteiger partial charge < -0.3 is 10.1 Å². The fourth-order valence-corrected chi connectivity index (χ4v) is 4.62. The van der Waals surface area contributed by atoms with Crippen LogP contribution >= 0.6 is 15.9 Å². The van der Waals surface area contributed by atoms with E-state index >= 15 is 0 Å². The van der Waals surface area contributed by atoms with E-state index in [0.29, 0.717) is 30.9 Å². The Hall–Kier alpha value is -2.94. The first kappa shape index (κ1) is 21.3. The average molecular weight is 475 g/mol. The quantitative estimate of drug-likeness (QED) is 0.533. The first-order valence-corrected chi connectivity index (χ1v) is 11.1. The number of amides is 1. The van der Waals surface area contributed by atoms with E-state index in [0.717, 1.165) is 28.4 Å². The second kappa shape index (κ2) is 9.47. The standard InChI is InChI=1S/C26H23BrN2O2/c27-21-8-5-7-20(16-21)26(12-14-31-15-13-26)18-29-25(30)24-11-4-3-10-23(24)22-9-2-1-6-19(22)17-28/h1-11,16H,12-15,18H2,(H,29,30). The minimum Gasteiger partial charge on any atom is -0.381 e. The summed E-state index contributed by atoms with van der Waals surface area (Å²) in [5.74, 6) is -0.135. The van der Waals surface area contributed by atoms with Crippen molar-refractivity contribution < 1.29 is 9.53 Å². The number of nitriles is 1. The van der Waals surface area contributed by atoms with E-state index in [1.54, 1.807) is 6.07 Å². The second-order valence-corrected chi connectivity index (χ2v) is 8.70. The minimum atomic E-state index is -0.169. The number of halogens is 1. The lowest BCUT2D eigenvalue weighted by atomic mass is 9.74. The Morgan fingerprint density at radius 1 is 1.00 bits per heavy atom. The van der Waals surface area contributed by atoms with Crippen LogP contribution in [0.15, 0.2) is 77.3 Å². The molecule has 4 rings (SSSR count). The number of carbonyl (C=O) groups is 1. The second-order valence-electron chi connectivity index (χ2n) is 7.79. The summed E-state index contributed by atoms with van der Waals surface area (Å²) in [7, 11) is 0. The van der Waals surface area contributed by atoms with Crippen LogP contribution in [0.4, 0.5) is 0 Å². The molecule has 3 aromatic rings. The summed E-state index contributed by atoms with van der Waals surface area (Å²) in [4.78, 5) is 13.3. The predicted octanol–water partition coefficient (Wildman–Crippen LogP) is 5.47. The molecule has 0 aliphatic carbocycles. The molecule has 1 aliphatic rings. The summed E-state index contributed by atoms with van der Waals surface area (Å²) < 4.78 is 6.64. The Morgan fingerprint density at radius 2 is 1.71 bits per heavy atom. The molecular weight excluding hydrogens is 452 g/mol. The molecule has 1 amide bonds. The van der Waals surface area contributed by atoms with Crippen molar-refractivity contribution in [3.8, 4) is 17.2 Å². The lowest BCUT2D eigenvalue weighted by Crippen LogP contribution is -2.44. The maximum absolute atomic E-state index is 13.3. The molecule has 0 saturated carbocycles. The molecule has 1 N–H and O–H groups in total. The Labute approximate surface area is 191 Å². The number of benzene rings is 3. The van der Waals surface area contributed by atoms with Gasteiger partial charge in [-0.3, -0.25) is 4.79 Å². The summed E-state index contributed by atoms with van der Waals surface area (Å²) in [6.07, 6.45) is 1.70. The number of nitrogens with one attached hydrogen (secondary N) is 1. The zero-order valence-corrected chi connectivity index (χ0v) is 18.7. The Kier molecular flexibility index (Phi) is 6.50. The topological polar surface area (TPSA) is 62.1 Å². The van der Waals surface area contributed by atoms with E-state index in [2.05, 4.69) is 39.4 Å². The molecule has 156 valence electrons. The highest BCUT2D eigenvalue weighted by atomic mass is 79.9. The average Bonchev–Trinajstić information content (AvgIpc) is 2.83. The third kappa shape index (κ3) is 4.56. The lowest BCUT2D eigenvalue weighted by molar-refractivity contribution is 0.0487. The maximum Gasteiger partial charge on any atom is 0.251 e. The summed E-state index contributed by atoms with van der Waals surface area (Å²) in [5.41, 5.74) is 3.69. The van der Waals surface area contributed by atoms with Crippen molar-refractivity contribution in [1.29, 1.82) is 5.26 Å². The number of rotatable bonds is 5. The van der Waals surface area contributed by atoms with Gasteiger partial charge in [-0.15, -0.1) is 0 Å². The maximum atomic E-state index is 13.3. The number of carbonyl (C=O) groups excluding carboxylic acids is 1. The van der Waals surface area contributed by atoms with Crippen LogP contribution in [-0.2, 0) is 10.2 Å². The van der Waals surface area contributed by atoms with Gasteiger partial charge in [-0.05, 0) is 48.2 Å². The molecule has 0 atom stereocenters. The highest BCUT2D eigenvalue weighted by Crippen LogP contribution is 2.36. The van der Waals surface area contributed by atoms with Crippen molar-refractivity contribution in [3.63, 3.8) is 0 Å². The molecule has 0 aromatic heterocycles. The zero-order valence-electron chi connectivity index (χ0n) is 17.1. The number of nitrogens with zero attached hydrogens (tertiary/aromatic N) is 1. The van der Waals surface area contributed by atoms with Gasteiger partial charge in [-0.25, -0.2) is 0 Å². The van der Waals surface area contributed by atoms with Crippen LogP contribution in [0.1, 0.15) is 34.3 Å². The number of ether oxygens (including phenoxy) is 1. The third-order valence-corrected chi connectivity index (χ3v) is 6.48. The van der Waals surface area contributed by atoms with Crippen molar-refractivity contribution in [1.82, 2.24) is 5.32 Å². The van der Waals surface area contributed by atoms with Crippen LogP contribution in [0.5, 0.6) is 0 Å². The molecule has 31 heavy (non-hydrogen) atoms. The summed E-state index contributed by atoms with van der Waals surface area (Å²) in [6.45, 7) is 1.88. The van der Waals surface area contributed by atoms with E-state index < -0.39 is 0 Å². The Morgan fingerprint density at radius 3 is 2.45 bits per heavy atom. The predicted molar refractivity (Wildman–Crippen MR) is 125 cm³/mol. The highest BCUT2D eigenvalue weighted by Gasteiger charge is 2.35. The molecule has 0 radical (unpaired) electrons. The van der Waals surface area contributed by atoms with Crippen LogP contribution in [0.25, 0.3) is 11.1 Å². The normalized spacial score (nSPS) is 15.1. The molecule has 5 heteroatoms. The molecule has 3 aromatic carbocycles. The van der Waals surface area contributed by atoms with Gasteiger partial charge in [0.25, 0.3) is 5.91 Å². The van der Waals surface area contributed by atoms with Gasteiger partial charge in [0.05, 0.1) is 11.6 Å². The van der Waals surface area contributed by atoms with Crippen molar-refractivity contribution in [2.24, 2.45) is 0 Å². The molecule has 4 nitrogen and oxygen atoms in total.